The maximum absolute atomic E-state index is 12.6. The maximum atomic E-state index is 12.6. The molecule has 0 saturated carbocycles. The number of hydrogen-bond donors (Lipinski definition) is 1. The number of sulfone groups is 1. The molecule has 1 aliphatic heterocycles. The number of aromatic nitrogens is 2. The molecule has 1 atom stereocenters. The van der Waals surface area contributed by atoms with E-state index in [4.69, 9.17) is 0 Å². The summed E-state index contributed by atoms with van der Waals surface area (Å²) in [5, 5.41) is 2.74. The molecule has 142 valence electrons. The third-order valence-electron chi connectivity index (χ3n) is 4.47. The highest BCUT2D eigenvalue weighted by Crippen LogP contribution is 2.18. The van der Waals surface area contributed by atoms with Crippen LogP contribution in [0, 0.1) is 0 Å². The molecule has 1 saturated heterocycles. The molecule has 1 unspecified atom stereocenters. The van der Waals surface area contributed by atoms with Crippen molar-refractivity contribution < 1.29 is 18.0 Å². The number of carbonyl (C=O) groups excluding carboxylic acids is 2. The molecule has 27 heavy (non-hydrogen) atoms. The van der Waals surface area contributed by atoms with Crippen molar-refractivity contribution in [3.05, 3.63) is 59.7 Å². The molecule has 8 nitrogen and oxygen atoms in total. The molecular weight excluding hydrogens is 368 g/mol. The fourth-order valence-electron chi connectivity index (χ4n) is 2.89. The Morgan fingerprint density at radius 1 is 1.22 bits per heavy atom. The predicted molar refractivity (Wildman–Crippen MR) is 98.8 cm³/mol. The van der Waals surface area contributed by atoms with Gasteiger partial charge in [0.1, 0.15) is 5.69 Å². The highest BCUT2D eigenvalue weighted by atomic mass is 32.2. The highest BCUT2D eigenvalue weighted by molar-refractivity contribution is 7.91. The van der Waals surface area contributed by atoms with Crippen LogP contribution < -0.4 is 5.32 Å². The maximum Gasteiger partial charge on any atom is 0.272 e. The molecule has 0 spiro atoms. The Hall–Kier alpha value is -2.81. The van der Waals surface area contributed by atoms with E-state index in [9.17, 15) is 18.0 Å². The van der Waals surface area contributed by atoms with Crippen molar-refractivity contribution in [2.24, 2.45) is 0 Å². The van der Waals surface area contributed by atoms with Crippen molar-refractivity contribution >= 4 is 21.7 Å². The Morgan fingerprint density at radius 2 is 2.04 bits per heavy atom. The first-order valence-corrected chi connectivity index (χ1v) is 10.3. The van der Waals surface area contributed by atoms with Gasteiger partial charge in [-0.25, -0.2) is 8.42 Å². The number of rotatable bonds is 5. The molecular formula is C18H20N4O4S. The van der Waals surface area contributed by atoms with Crippen molar-refractivity contribution in [3.8, 4) is 0 Å². The molecule has 9 heteroatoms. The Balaban J connectivity index is 1.67. The quantitative estimate of drug-likeness (QED) is 0.806. The van der Waals surface area contributed by atoms with Crippen molar-refractivity contribution in [3.63, 3.8) is 0 Å². The zero-order valence-electron chi connectivity index (χ0n) is 14.8. The van der Waals surface area contributed by atoms with Crippen LogP contribution in [0.4, 0.5) is 0 Å². The standard InChI is InChI=1S/C18H20N4O4S/c1-22(15-6-9-27(25,26)12-15)18(24)16-10-13(5-8-20-16)17(23)21-11-14-4-2-3-7-19-14/h2-5,7-8,10,15H,6,9,11-12H2,1H3,(H,21,23). The average Bonchev–Trinajstić information content (AvgIpc) is 3.05. The molecule has 0 radical (unpaired) electrons. The Kier molecular flexibility index (Phi) is 5.50. The van der Waals surface area contributed by atoms with Crippen LogP contribution in [0.25, 0.3) is 0 Å². The number of hydrogen-bond acceptors (Lipinski definition) is 6. The first kappa shape index (κ1) is 19.0. The zero-order chi connectivity index (χ0) is 19.4. The smallest absolute Gasteiger partial charge is 0.272 e. The fourth-order valence-corrected chi connectivity index (χ4v) is 4.67. The molecule has 1 fully saturated rings. The van der Waals surface area contributed by atoms with Gasteiger partial charge in [0.15, 0.2) is 9.84 Å². The van der Waals surface area contributed by atoms with E-state index in [1.165, 1.54) is 23.2 Å². The Morgan fingerprint density at radius 3 is 2.70 bits per heavy atom. The van der Waals surface area contributed by atoms with E-state index >= 15 is 0 Å². The van der Waals surface area contributed by atoms with Gasteiger partial charge in [-0.15, -0.1) is 0 Å². The van der Waals surface area contributed by atoms with Gasteiger partial charge in [0.05, 0.1) is 23.7 Å². The molecule has 1 aliphatic rings. The molecule has 1 N–H and O–H groups in total. The van der Waals surface area contributed by atoms with Gasteiger partial charge in [0.2, 0.25) is 0 Å². The van der Waals surface area contributed by atoms with E-state index in [1.54, 1.807) is 25.4 Å². The highest BCUT2D eigenvalue weighted by Gasteiger charge is 2.33. The third kappa shape index (κ3) is 4.68. The summed E-state index contributed by atoms with van der Waals surface area (Å²) in [4.78, 5) is 34.5. The normalized spacial score (nSPS) is 18.0. The summed E-state index contributed by atoms with van der Waals surface area (Å²) in [7, 11) is -1.54. The average molecular weight is 388 g/mol. The van der Waals surface area contributed by atoms with Gasteiger partial charge in [-0.1, -0.05) is 6.07 Å². The summed E-state index contributed by atoms with van der Waals surface area (Å²) in [6.07, 6.45) is 3.45. The van der Waals surface area contributed by atoms with Crippen LogP contribution in [0.2, 0.25) is 0 Å². The van der Waals surface area contributed by atoms with E-state index in [0.29, 0.717) is 12.0 Å². The first-order chi connectivity index (χ1) is 12.9. The van der Waals surface area contributed by atoms with E-state index < -0.39 is 15.7 Å². The minimum absolute atomic E-state index is 0.0422. The summed E-state index contributed by atoms with van der Waals surface area (Å²) in [5.41, 5.74) is 1.13. The molecule has 2 aromatic heterocycles. The summed E-state index contributed by atoms with van der Waals surface area (Å²) in [5.74, 6) is -0.710. The van der Waals surface area contributed by atoms with Crippen LogP contribution in [-0.4, -0.2) is 59.7 Å². The van der Waals surface area contributed by atoms with Gasteiger partial charge in [0, 0.05) is 31.0 Å². The van der Waals surface area contributed by atoms with Crippen LogP contribution >= 0.6 is 0 Å². The van der Waals surface area contributed by atoms with Crippen LogP contribution in [0.5, 0.6) is 0 Å². The van der Waals surface area contributed by atoms with Gasteiger partial charge >= 0.3 is 0 Å². The molecule has 0 aliphatic carbocycles. The summed E-state index contributed by atoms with van der Waals surface area (Å²) < 4.78 is 23.3. The molecule has 3 rings (SSSR count). The monoisotopic (exact) mass is 388 g/mol. The lowest BCUT2D eigenvalue weighted by Gasteiger charge is -2.23. The minimum Gasteiger partial charge on any atom is -0.346 e. The summed E-state index contributed by atoms with van der Waals surface area (Å²) >= 11 is 0. The van der Waals surface area contributed by atoms with Crippen LogP contribution in [-0.2, 0) is 16.4 Å². The van der Waals surface area contributed by atoms with Gasteiger partial charge in [0.25, 0.3) is 11.8 Å². The van der Waals surface area contributed by atoms with E-state index in [0.717, 1.165) is 5.69 Å². The Labute approximate surface area is 157 Å². The van der Waals surface area contributed by atoms with Crippen molar-refractivity contribution in [2.45, 2.75) is 19.0 Å². The van der Waals surface area contributed by atoms with Crippen molar-refractivity contribution in [2.75, 3.05) is 18.6 Å². The third-order valence-corrected chi connectivity index (χ3v) is 6.22. The van der Waals surface area contributed by atoms with Crippen molar-refractivity contribution in [1.29, 1.82) is 0 Å². The lowest BCUT2D eigenvalue weighted by Crippen LogP contribution is -2.38. The van der Waals surface area contributed by atoms with Gasteiger partial charge in [-0.05, 0) is 30.7 Å². The number of pyridine rings is 2. The van der Waals surface area contributed by atoms with E-state index in [-0.39, 0.29) is 35.7 Å². The number of nitrogens with one attached hydrogen (secondary N) is 1. The molecule has 0 bridgehead atoms. The SMILES string of the molecule is CN(C(=O)c1cc(C(=O)NCc2ccccn2)ccn1)C1CCS(=O)(=O)C1. The Bertz CT molecular complexity index is 947. The number of nitrogens with zero attached hydrogens (tertiary/aromatic N) is 3. The second-order valence-corrected chi connectivity index (χ2v) is 8.64. The van der Waals surface area contributed by atoms with Crippen molar-refractivity contribution in [1.82, 2.24) is 20.2 Å². The van der Waals surface area contributed by atoms with Crippen LogP contribution in [0.15, 0.2) is 42.7 Å². The first-order valence-electron chi connectivity index (χ1n) is 8.47. The second kappa shape index (κ2) is 7.83. The lowest BCUT2D eigenvalue weighted by molar-refractivity contribution is 0.0741. The fraction of sp³-hybridized carbons (Fsp3) is 0.333. The van der Waals surface area contributed by atoms with Gasteiger partial charge in [-0.3, -0.25) is 19.6 Å². The number of amides is 2. The number of carbonyl (C=O) groups is 2. The topological polar surface area (TPSA) is 109 Å². The molecule has 2 amide bonds. The molecule has 2 aromatic rings. The summed E-state index contributed by atoms with van der Waals surface area (Å²) in [6, 6.07) is 7.98. The van der Waals surface area contributed by atoms with Gasteiger partial charge in [-0.2, -0.15) is 0 Å². The summed E-state index contributed by atoms with van der Waals surface area (Å²) in [6.45, 7) is 0.269. The minimum atomic E-state index is -3.10. The van der Waals surface area contributed by atoms with Gasteiger partial charge < -0.3 is 10.2 Å². The van der Waals surface area contributed by atoms with Crippen LogP contribution in [0.1, 0.15) is 33.0 Å². The second-order valence-electron chi connectivity index (χ2n) is 6.41. The largest absolute Gasteiger partial charge is 0.346 e. The van der Waals surface area contributed by atoms with E-state index in [1.807, 2.05) is 6.07 Å². The predicted octanol–water partition coefficient (Wildman–Crippen LogP) is 0.666. The molecule has 3 heterocycles. The zero-order valence-corrected chi connectivity index (χ0v) is 15.6. The van der Waals surface area contributed by atoms with E-state index in [2.05, 4.69) is 15.3 Å². The van der Waals surface area contributed by atoms with Crippen LogP contribution in [0.3, 0.4) is 0 Å². The molecule has 0 aromatic carbocycles. The lowest BCUT2D eigenvalue weighted by atomic mass is 10.1.